The van der Waals surface area contributed by atoms with Crippen molar-refractivity contribution >= 4 is 28.2 Å². The van der Waals surface area contributed by atoms with Crippen molar-refractivity contribution in [2.45, 2.75) is 45.2 Å². The standard InChI is InChI=1S/C25H19F5N6/c1-14-33-34-23-32-22(20-18(36(14)23)6-5-17(26)21(20)27)35-11-3-2-4-16-15(12-31-13-19(16)35)7-8-24(9-10-24)25(28,29)30/h5-6,12-13H,2-4,9-11H2,1H3. The number of halogens is 5. The molecule has 184 valence electrons. The van der Waals surface area contributed by atoms with Gasteiger partial charge in [-0.2, -0.15) is 18.2 Å². The Morgan fingerprint density at radius 1 is 1.06 bits per heavy atom. The minimum Gasteiger partial charge on any atom is -0.324 e. The van der Waals surface area contributed by atoms with E-state index in [1.165, 1.54) is 12.3 Å². The highest BCUT2D eigenvalue weighted by molar-refractivity contribution is 5.94. The number of hydrogen-bond acceptors (Lipinski definition) is 5. The van der Waals surface area contributed by atoms with Gasteiger partial charge < -0.3 is 4.90 Å². The summed E-state index contributed by atoms with van der Waals surface area (Å²) in [7, 11) is 0. The van der Waals surface area contributed by atoms with E-state index in [4.69, 9.17) is 0 Å². The van der Waals surface area contributed by atoms with E-state index in [-0.39, 0.29) is 29.8 Å². The minimum absolute atomic E-state index is 0.0173. The molecule has 6 nitrogen and oxygen atoms in total. The third-order valence-electron chi connectivity index (χ3n) is 6.92. The van der Waals surface area contributed by atoms with Crippen molar-refractivity contribution in [1.29, 1.82) is 0 Å². The number of hydrogen-bond donors (Lipinski definition) is 0. The van der Waals surface area contributed by atoms with E-state index < -0.39 is 23.2 Å². The van der Waals surface area contributed by atoms with Crippen LogP contribution in [0.15, 0.2) is 24.5 Å². The molecule has 0 bridgehead atoms. The Morgan fingerprint density at radius 3 is 2.61 bits per heavy atom. The van der Waals surface area contributed by atoms with Crippen LogP contribution in [0.2, 0.25) is 0 Å². The summed E-state index contributed by atoms with van der Waals surface area (Å²) >= 11 is 0. The lowest BCUT2D eigenvalue weighted by molar-refractivity contribution is -0.168. The van der Waals surface area contributed by atoms with Crippen molar-refractivity contribution < 1.29 is 22.0 Å². The van der Waals surface area contributed by atoms with Crippen LogP contribution >= 0.6 is 0 Å². The lowest BCUT2D eigenvalue weighted by atomic mass is 10.0. The second-order valence-electron chi connectivity index (χ2n) is 9.20. The average molecular weight is 498 g/mol. The fraction of sp³-hybridized carbons (Fsp3) is 0.360. The van der Waals surface area contributed by atoms with Crippen molar-refractivity contribution in [1.82, 2.24) is 24.6 Å². The van der Waals surface area contributed by atoms with E-state index in [9.17, 15) is 17.6 Å². The second kappa shape index (κ2) is 7.85. The van der Waals surface area contributed by atoms with Gasteiger partial charge >= 0.3 is 6.18 Å². The molecule has 1 saturated carbocycles. The number of aromatic nitrogens is 5. The fourth-order valence-corrected chi connectivity index (χ4v) is 4.77. The van der Waals surface area contributed by atoms with E-state index in [2.05, 4.69) is 32.0 Å². The Morgan fingerprint density at radius 2 is 1.86 bits per heavy atom. The first-order chi connectivity index (χ1) is 17.2. The Hall–Kier alpha value is -3.81. The highest BCUT2D eigenvalue weighted by atomic mass is 19.4. The highest BCUT2D eigenvalue weighted by Gasteiger charge is 2.62. The maximum atomic E-state index is 15.3. The number of rotatable bonds is 1. The molecule has 1 aliphatic carbocycles. The van der Waals surface area contributed by atoms with Crippen molar-refractivity contribution in [3.63, 3.8) is 0 Å². The fourth-order valence-electron chi connectivity index (χ4n) is 4.77. The molecule has 1 fully saturated rings. The van der Waals surface area contributed by atoms with Gasteiger partial charge in [-0.05, 0) is 56.7 Å². The normalized spacial score (nSPS) is 17.0. The number of aryl methyl sites for hydroxylation is 1. The molecule has 0 amide bonds. The van der Waals surface area contributed by atoms with Crippen LogP contribution in [0.25, 0.3) is 16.7 Å². The zero-order valence-electron chi connectivity index (χ0n) is 19.1. The predicted molar refractivity (Wildman–Crippen MR) is 122 cm³/mol. The molecule has 1 aliphatic heterocycles. The summed E-state index contributed by atoms with van der Waals surface area (Å²) < 4.78 is 71.5. The van der Waals surface area contributed by atoms with E-state index >= 15 is 4.39 Å². The Kier molecular flexibility index (Phi) is 4.94. The number of pyridine rings is 1. The summed E-state index contributed by atoms with van der Waals surface area (Å²) in [5, 5.41) is 8.06. The number of anilines is 2. The molecule has 0 unspecified atom stereocenters. The van der Waals surface area contributed by atoms with Crippen LogP contribution in [0, 0.1) is 35.8 Å². The van der Waals surface area contributed by atoms with Gasteiger partial charge in [-0.1, -0.05) is 11.8 Å². The van der Waals surface area contributed by atoms with E-state index in [0.717, 1.165) is 12.5 Å². The van der Waals surface area contributed by atoms with Crippen LogP contribution in [0.1, 0.15) is 42.6 Å². The van der Waals surface area contributed by atoms with Gasteiger partial charge in [-0.25, -0.2) is 8.78 Å². The second-order valence-corrected chi connectivity index (χ2v) is 9.20. The first kappa shape index (κ1) is 22.6. The lowest BCUT2D eigenvalue weighted by Crippen LogP contribution is -2.22. The van der Waals surface area contributed by atoms with Crippen molar-refractivity contribution in [3.8, 4) is 11.8 Å². The van der Waals surface area contributed by atoms with Crippen molar-refractivity contribution in [2.75, 3.05) is 11.4 Å². The van der Waals surface area contributed by atoms with Crippen LogP contribution in [0.5, 0.6) is 0 Å². The van der Waals surface area contributed by atoms with Crippen LogP contribution < -0.4 is 4.90 Å². The molecular weight excluding hydrogens is 479 g/mol. The van der Waals surface area contributed by atoms with Gasteiger partial charge in [-0.15, -0.1) is 10.2 Å². The summed E-state index contributed by atoms with van der Waals surface area (Å²) in [5.41, 5.74) is 0.0403. The Labute approximate surface area is 202 Å². The lowest BCUT2D eigenvalue weighted by Gasteiger charge is -2.25. The zero-order valence-corrected chi connectivity index (χ0v) is 19.1. The van der Waals surface area contributed by atoms with Gasteiger partial charge in [0.2, 0.25) is 0 Å². The molecule has 2 aliphatic rings. The molecule has 0 atom stereocenters. The largest absolute Gasteiger partial charge is 0.405 e. The van der Waals surface area contributed by atoms with Crippen molar-refractivity contribution in [2.24, 2.45) is 5.41 Å². The molecule has 0 radical (unpaired) electrons. The molecule has 6 rings (SSSR count). The molecule has 11 heteroatoms. The van der Waals surface area contributed by atoms with Gasteiger partial charge in [0.05, 0.1) is 22.8 Å². The molecule has 0 spiro atoms. The van der Waals surface area contributed by atoms with E-state index in [1.807, 2.05) is 0 Å². The number of nitrogens with zero attached hydrogens (tertiary/aromatic N) is 6. The van der Waals surface area contributed by atoms with E-state index in [1.54, 1.807) is 22.4 Å². The summed E-state index contributed by atoms with van der Waals surface area (Å²) in [5.74, 6) is 3.93. The first-order valence-electron chi connectivity index (χ1n) is 11.5. The molecule has 4 aromatic rings. The Bertz CT molecular complexity index is 1590. The third kappa shape index (κ3) is 3.38. The van der Waals surface area contributed by atoms with Gasteiger partial charge in [0.1, 0.15) is 17.1 Å². The summed E-state index contributed by atoms with van der Waals surface area (Å²) in [4.78, 5) is 10.5. The predicted octanol–water partition coefficient (Wildman–Crippen LogP) is 5.43. The number of alkyl halides is 3. The van der Waals surface area contributed by atoms with Crippen LogP contribution in [0.4, 0.5) is 33.5 Å². The smallest absolute Gasteiger partial charge is 0.324 e. The minimum atomic E-state index is -4.39. The zero-order chi connectivity index (χ0) is 25.2. The maximum absolute atomic E-state index is 15.3. The molecule has 4 heterocycles. The van der Waals surface area contributed by atoms with Gasteiger partial charge in [0, 0.05) is 18.3 Å². The highest BCUT2D eigenvalue weighted by Crippen LogP contribution is 2.57. The maximum Gasteiger partial charge on any atom is 0.405 e. The molecule has 0 N–H and O–H groups in total. The summed E-state index contributed by atoms with van der Waals surface area (Å²) in [6, 6.07) is 2.49. The SMILES string of the molecule is Cc1nnc2nc(N3CCCCc4c(C#CC5(C(F)(F)F)CC5)cncc43)c3c(F)c(F)ccc3n12. The van der Waals surface area contributed by atoms with E-state index in [0.29, 0.717) is 47.5 Å². The first-order valence-corrected chi connectivity index (χ1v) is 11.5. The van der Waals surface area contributed by atoms with Gasteiger partial charge in [-0.3, -0.25) is 9.38 Å². The monoisotopic (exact) mass is 498 g/mol. The Balaban J connectivity index is 1.56. The number of benzene rings is 1. The third-order valence-corrected chi connectivity index (χ3v) is 6.92. The molecule has 3 aromatic heterocycles. The summed E-state index contributed by atoms with van der Waals surface area (Å²) in [6.45, 7) is 2.10. The molecule has 36 heavy (non-hydrogen) atoms. The van der Waals surface area contributed by atoms with Gasteiger partial charge in [0.25, 0.3) is 5.78 Å². The molecule has 1 aromatic carbocycles. The van der Waals surface area contributed by atoms with Crippen LogP contribution in [-0.2, 0) is 6.42 Å². The van der Waals surface area contributed by atoms with Gasteiger partial charge in [0.15, 0.2) is 11.6 Å². The molecule has 0 saturated heterocycles. The topological polar surface area (TPSA) is 59.2 Å². The quantitative estimate of drug-likeness (QED) is 0.259. The van der Waals surface area contributed by atoms with Crippen LogP contribution in [0.3, 0.4) is 0 Å². The van der Waals surface area contributed by atoms with Crippen LogP contribution in [-0.4, -0.2) is 37.3 Å². The average Bonchev–Trinajstić information content (AvgIpc) is 3.60. The molecular formula is C25H19F5N6. The summed E-state index contributed by atoms with van der Waals surface area (Å²) in [6.07, 6.45) is 0.566. The van der Waals surface area contributed by atoms with Crippen molar-refractivity contribution in [3.05, 3.63) is 53.1 Å². The number of fused-ring (bicyclic) bond motifs is 4.